The van der Waals surface area contributed by atoms with Crippen LogP contribution in [0.5, 0.6) is 0 Å². The van der Waals surface area contributed by atoms with E-state index >= 15 is 0 Å². The van der Waals surface area contributed by atoms with Gasteiger partial charge in [-0.15, -0.1) is 0 Å². The molecule has 160 valence electrons. The maximum Gasteiger partial charge on any atom is 0.408 e. The summed E-state index contributed by atoms with van der Waals surface area (Å²) in [5, 5.41) is 2.60. The van der Waals surface area contributed by atoms with E-state index in [0.29, 0.717) is 6.61 Å². The number of nitrogens with one attached hydrogen (secondary N) is 1. The Morgan fingerprint density at radius 1 is 1.17 bits per heavy atom. The van der Waals surface area contributed by atoms with Crippen LogP contribution in [-0.2, 0) is 19.0 Å². The summed E-state index contributed by atoms with van der Waals surface area (Å²) in [7, 11) is 0. The van der Waals surface area contributed by atoms with E-state index in [0.717, 1.165) is 17.9 Å². The molecule has 1 amide bonds. The number of carbonyl (C=O) groups is 2. The van der Waals surface area contributed by atoms with Gasteiger partial charge in [0.25, 0.3) is 0 Å². The van der Waals surface area contributed by atoms with Gasteiger partial charge in [0.1, 0.15) is 11.7 Å². The molecular formula is C23H33NO5. The van der Waals surface area contributed by atoms with E-state index in [1.807, 2.05) is 25.1 Å². The minimum atomic E-state index is -0.886. The van der Waals surface area contributed by atoms with E-state index in [2.05, 4.69) is 17.4 Å². The predicted molar refractivity (Wildman–Crippen MR) is 110 cm³/mol. The van der Waals surface area contributed by atoms with Gasteiger partial charge in [-0.05, 0) is 51.5 Å². The van der Waals surface area contributed by atoms with Gasteiger partial charge in [0, 0.05) is 5.92 Å². The smallest absolute Gasteiger partial charge is 0.408 e. The molecule has 1 aliphatic carbocycles. The fraction of sp³-hybridized carbons (Fsp3) is 0.652. The minimum absolute atomic E-state index is 0.0565. The van der Waals surface area contributed by atoms with Crippen molar-refractivity contribution >= 4 is 12.1 Å². The van der Waals surface area contributed by atoms with Crippen LogP contribution >= 0.6 is 0 Å². The van der Waals surface area contributed by atoms with Crippen LogP contribution in [0.2, 0.25) is 0 Å². The molecule has 6 nitrogen and oxygen atoms in total. The lowest BCUT2D eigenvalue weighted by atomic mass is 9.80. The lowest BCUT2D eigenvalue weighted by molar-refractivity contribution is -0.152. The number of hydrogen-bond acceptors (Lipinski definition) is 5. The number of carbonyl (C=O) groups excluding carboxylic acids is 2. The standard InChI is InChI=1S/C23H33NO5/c1-15-20(17-8-6-5-7-9-17)18(12-16-10-11-16)13-27-14-19(21(25)28-15)24-22(26)29-23(2,3)4/h5-9,15-16,18-20H,10-14H2,1-4H3,(H,24,26)/t15-,18-,19-,20+/m0/s1. The van der Waals surface area contributed by atoms with Gasteiger partial charge in [-0.2, -0.15) is 0 Å². The van der Waals surface area contributed by atoms with Crippen LogP contribution in [0.3, 0.4) is 0 Å². The van der Waals surface area contributed by atoms with Crippen molar-refractivity contribution in [2.75, 3.05) is 13.2 Å². The van der Waals surface area contributed by atoms with Crippen LogP contribution in [0.1, 0.15) is 58.4 Å². The van der Waals surface area contributed by atoms with Gasteiger partial charge in [0.05, 0.1) is 13.2 Å². The van der Waals surface area contributed by atoms with Gasteiger partial charge >= 0.3 is 12.1 Å². The summed E-state index contributed by atoms with van der Waals surface area (Å²) >= 11 is 0. The quantitative estimate of drug-likeness (QED) is 0.768. The molecule has 1 saturated heterocycles. The number of benzene rings is 1. The van der Waals surface area contributed by atoms with Crippen molar-refractivity contribution in [3.8, 4) is 0 Å². The number of ether oxygens (including phenoxy) is 3. The number of alkyl carbamates (subject to hydrolysis) is 1. The van der Waals surface area contributed by atoms with Crippen LogP contribution < -0.4 is 5.32 Å². The topological polar surface area (TPSA) is 73.9 Å². The second-order valence-electron chi connectivity index (χ2n) is 9.25. The summed E-state index contributed by atoms with van der Waals surface area (Å²) in [5.41, 5.74) is 0.509. The summed E-state index contributed by atoms with van der Waals surface area (Å²) in [5.74, 6) is 0.555. The highest BCUT2D eigenvalue weighted by Crippen LogP contribution is 2.42. The number of esters is 1. The zero-order valence-electron chi connectivity index (χ0n) is 17.9. The average molecular weight is 404 g/mol. The van der Waals surface area contributed by atoms with Crippen molar-refractivity contribution in [2.24, 2.45) is 11.8 Å². The molecule has 3 rings (SSSR count). The Kier molecular flexibility index (Phi) is 6.83. The molecule has 1 heterocycles. The zero-order valence-corrected chi connectivity index (χ0v) is 17.9. The van der Waals surface area contributed by atoms with Crippen molar-refractivity contribution in [3.63, 3.8) is 0 Å². The van der Waals surface area contributed by atoms with E-state index in [4.69, 9.17) is 14.2 Å². The van der Waals surface area contributed by atoms with Gasteiger partial charge < -0.3 is 19.5 Å². The molecule has 6 heteroatoms. The molecule has 0 aromatic heterocycles. The van der Waals surface area contributed by atoms with Crippen LogP contribution in [0.4, 0.5) is 4.79 Å². The monoisotopic (exact) mass is 403 g/mol. The molecule has 1 N–H and O–H groups in total. The third-order valence-corrected chi connectivity index (χ3v) is 5.43. The van der Waals surface area contributed by atoms with Gasteiger partial charge in [-0.25, -0.2) is 9.59 Å². The van der Waals surface area contributed by atoms with E-state index in [-0.39, 0.29) is 24.5 Å². The molecule has 29 heavy (non-hydrogen) atoms. The number of rotatable bonds is 4. The van der Waals surface area contributed by atoms with E-state index in [1.54, 1.807) is 20.8 Å². The SMILES string of the molecule is C[C@@H]1OC(=O)[C@@H](NC(=O)OC(C)(C)C)COC[C@H](CC2CC2)[C@H]1c1ccccc1. The van der Waals surface area contributed by atoms with E-state index < -0.39 is 23.7 Å². The average Bonchev–Trinajstić information content (AvgIpc) is 3.43. The maximum atomic E-state index is 12.8. The number of amides is 1. The molecule has 0 spiro atoms. The van der Waals surface area contributed by atoms with Gasteiger partial charge in [-0.1, -0.05) is 43.2 Å². The van der Waals surface area contributed by atoms with Gasteiger partial charge in [0.2, 0.25) is 0 Å². The Hall–Kier alpha value is -2.08. The molecule has 0 bridgehead atoms. The summed E-state index contributed by atoms with van der Waals surface area (Å²) in [6.45, 7) is 7.88. The van der Waals surface area contributed by atoms with E-state index in [1.165, 1.54) is 12.8 Å². The molecule has 1 aromatic carbocycles. The fourth-order valence-corrected chi connectivity index (χ4v) is 4.00. The highest BCUT2D eigenvalue weighted by Gasteiger charge is 2.38. The summed E-state index contributed by atoms with van der Waals surface area (Å²) in [6, 6.07) is 9.30. The summed E-state index contributed by atoms with van der Waals surface area (Å²) < 4.78 is 17.0. The highest BCUT2D eigenvalue weighted by molar-refractivity contribution is 5.81. The number of cyclic esters (lactones) is 1. The predicted octanol–water partition coefficient (Wildman–Crippen LogP) is 4.04. The van der Waals surface area contributed by atoms with Crippen LogP contribution in [0.25, 0.3) is 0 Å². The first-order valence-corrected chi connectivity index (χ1v) is 10.6. The largest absolute Gasteiger partial charge is 0.460 e. The highest BCUT2D eigenvalue weighted by atomic mass is 16.6. The van der Waals surface area contributed by atoms with E-state index in [9.17, 15) is 9.59 Å². The first kappa shape index (κ1) is 21.6. The van der Waals surface area contributed by atoms with Crippen LogP contribution in [-0.4, -0.2) is 43.0 Å². The Labute approximate surface area is 173 Å². The third-order valence-electron chi connectivity index (χ3n) is 5.43. The maximum absolute atomic E-state index is 12.8. The van der Waals surface area contributed by atoms with Crippen LogP contribution in [0.15, 0.2) is 30.3 Å². The second-order valence-corrected chi connectivity index (χ2v) is 9.25. The van der Waals surface area contributed by atoms with Crippen molar-refractivity contribution in [2.45, 2.75) is 70.6 Å². The molecular weight excluding hydrogens is 370 g/mol. The first-order chi connectivity index (χ1) is 13.7. The van der Waals surface area contributed by atoms with Crippen molar-refractivity contribution in [3.05, 3.63) is 35.9 Å². The molecule has 2 aliphatic rings. The lowest BCUT2D eigenvalue weighted by Gasteiger charge is -2.31. The first-order valence-electron chi connectivity index (χ1n) is 10.6. The Balaban J connectivity index is 1.75. The lowest BCUT2D eigenvalue weighted by Crippen LogP contribution is -2.47. The zero-order chi connectivity index (χ0) is 21.0. The number of hydrogen-bond donors (Lipinski definition) is 1. The molecule has 0 radical (unpaired) electrons. The van der Waals surface area contributed by atoms with Gasteiger partial charge in [-0.3, -0.25) is 0 Å². The summed E-state index contributed by atoms with van der Waals surface area (Å²) in [6.07, 6.45) is 2.61. The molecule has 1 aromatic rings. The minimum Gasteiger partial charge on any atom is -0.460 e. The third kappa shape index (κ3) is 6.46. The molecule has 2 fully saturated rings. The molecule has 1 aliphatic heterocycles. The van der Waals surface area contributed by atoms with Crippen molar-refractivity contribution in [1.29, 1.82) is 0 Å². The fourth-order valence-electron chi connectivity index (χ4n) is 4.00. The molecule has 0 unspecified atom stereocenters. The van der Waals surface area contributed by atoms with Crippen molar-refractivity contribution < 1.29 is 23.8 Å². The van der Waals surface area contributed by atoms with Gasteiger partial charge in [0.15, 0.2) is 6.04 Å². The van der Waals surface area contributed by atoms with Crippen LogP contribution in [0, 0.1) is 11.8 Å². The normalized spacial score (nSPS) is 28.5. The Morgan fingerprint density at radius 3 is 2.48 bits per heavy atom. The molecule has 4 atom stereocenters. The second kappa shape index (κ2) is 9.16. The Morgan fingerprint density at radius 2 is 1.86 bits per heavy atom. The van der Waals surface area contributed by atoms with Crippen molar-refractivity contribution in [1.82, 2.24) is 5.32 Å². The molecule has 1 saturated carbocycles. The Bertz CT molecular complexity index is 695. The summed E-state index contributed by atoms with van der Waals surface area (Å²) in [4.78, 5) is 24.9.